The van der Waals surface area contributed by atoms with Gasteiger partial charge in [-0.2, -0.15) is 0 Å². The number of likely N-dealkylation sites (tertiary alicyclic amines) is 1. The van der Waals surface area contributed by atoms with Crippen molar-refractivity contribution in [1.29, 1.82) is 0 Å². The van der Waals surface area contributed by atoms with Crippen LogP contribution in [0.15, 0.2) is 0 Å². The largest absolute Gasteiger partial charge is 0.301 e. The van der Waals surface area contributed by atoms with Crippen LogP contribution in [0.1, 0.15) is 26.7 Å². The fraction of sp³-hybridized carbons (Fsp3) is 1.00. The molecule has 0 spiro atoms. The monoisotopic (exact) mass is 157 g/mol. The number of rotatable bonds is 3. The molecule has 0 aliphatic carbocycles. The number of hydrazine groups is 1. The Bertz CT molecular complexity index is 117. The van der Waals surface area contributed by atoms with Gasteiger partial charge in [0.15, 0.2) is 0 Å². The summed E-state index contributed by atoms with van der Waals surface area (Å²) < 4.78 is 0. The number of hydrogen-bond acceptors (Lipinski definition) is 3. The molecular weight excluding hydrogens is 138 g/mol. The highest BCUT2D eigenvalue weighted by Gasteiger charge is 2.21. The lowest BCUT2D eigenvalue weighted by atomic mass is 10.1. The van der Waals surface area contributed by atoms with Gasteiger partial charge in [0, 0.05) is 12.1 Å². The maximum Gasteiger partial charge on any atom is 0.0391 e. The normalized spacial score (nSPS) is 21.0. The fourth-order valence-corrected chi connectivity index (χ4v) is 1.55. The van der Waals surface area contributed by atoms with E-state index in [1.54, 1.807) is 0 Å². The highest BCUT2D eigenvalue weighted by atomic mass is 15.3. The van der Waals surface area contributed by atoms with Crippen LogP contribution >= 0.6 is 0 Å². The first-order chi connectivity index (χ1) is 5.14. The van der Waals surface area contributed by atoms with Crippen molar-refractivity contribution in [1.82, 2.24) is 10.3 Å². The molecule has 0 amide bonds. The summed E-state index contributed by atoms with van der Waals surface area (Å²) in [5, 5.41) is 0. The second-order valence-corrected chi connectivity index (χ2v) is 4.01. The molecule has 0 atom stereocenters. The first-order valence-corrected chi connectivity index (χ1v) is 4.34. The van der Waals surface area contributed by atoms with Crippen molar-refractivity contribution < 1.29 is 0 Å². The minimum Gasteiger partial charge on any atom is -0.301 e. The highest BCUT2D eigenvalue weighted by molar-refractivity contribution is 4.81. The molecule has 1 fully saturated rings. The van der Waals surface area contributed by atoms with Gasteiger partial charge >= 0.3 is 0 Å². The van der Waals surface area contributed by atoms with E-state index in [0.717, 1.165) is 6.54 Å². The van der Waals surface area contributed by atoms with Gasteiger partial charge < -0.3 is 4.90 Å². The molecule has 0 aromatic heterocycles. The first-order valence-electron chi connectivity index (χ1n) is 4.34. The Kier molecular flexibility index (Phi) is 2.87. The van der Waals surface area contributed by atoms with Gasteiger partial charge in [-0.15, -0.1) is 0 Å². The SMILES string of the molecule is CC(C)(CN1CCCC1)NN. The second kappa shape index (κ2) is 3.52. The van der Waals surface area contributed by atoms with Gasteiger partial charge in [0.25, 0.3) is 0 Å². The topological polar surface area (TPSA) is 41.3 Å². The predicted molar refractivity (Wildman–Crippen MR) is 47.1 cm³/mol. The molecule has 3 heteroatoms. The Morgan fingerprint density at radius 2 is 1.91 bits per heavy atom. The lowest BCUT2D eigenvalue weighted by Crippen LogP contribution is -2.51. The lowest BCUT2D eigenvalue weighted by molar-refractivity contribution is 0.237. The Hall–Kier alpha value is -0.120. The van der Waals surface area contributed by atoms with Crippen molar-refractivity contribution >= 4 is 0 Å². The number of nitrogens with zero attached hydrogens (tertiary/aromatic N) is 1. The van der Waals surface area contributed by atoms with Gasteiger partial charge in [0.1, 0.15) is 0 Å². The quantitative estimate of drug-likeness (QED) is 0.458. The fourth-order valence-electron chi connectivity index (χ4n) is 1.55. The van der Waals surface area contributed by atoms with E-state index in [2.05, 4.69) is 24.2 Å². The van der Waals surface area contributed by atoms with E-state index in [-0.39, 0.29) is 5.54 Å². The van der Waals surface area contributed by atoms with Crippen LogP contribution in [-0.2, 0) is 0 Å². The third kappa shape index (κ3) is 2.77. The number of hydrogen-bond donors (Lipinski definition) is 2. The molecule has 0 aromatic carbocycles. The Balaban J connectivity index is 2.28. The molecule has 3 nitrogen and oxygen atoms in total. The third-order valence-corrected chi connectivity index (χ3v) is 2.21. The van der Waals surface area contributed by atoms with Crippen molar-refractivity contribution in [2.75, 3.05) is 19.6 Å². The average Bonchev–Trinajstić information content (AvgIpc) is 2.39. The Labute approximate surface area is 68.9 Å². The van der Waals surface area contributed by atoms with Crippen LogP contribution in [0.3, 0.4) is 0 Å². The van der Waals surface area contributed by atoms with Crippen LogP contribution in [0.4, 0.5) is 0 Å². The molecule has 0 unspecified atom stereocenters. The zero-order valence-corrected chi connectivity index (χ0v) is 7.56. The van der Waals surface area contributed by atoms with E-state index >= 15 is 0 Å². The zero-order chi connectivity index (χ0) is 8.32. The molecule has 1 aliphatic rings. The van der Waals surface area contributed by atoms with Crippen LogP contribution in [-0.4, -0.2) is 30.1 Å². The van der Waals surface area contributed by atoms with Crippen molar-refractivity contribution in [3.05, 3.63) is 0 Å². The van der Waals surface area contributed by atoms with Crippen molar-refractivity contribution in [2.45, 2.75) is 32.2 Å². The average molecular weight is 157 g/mol. The van der Waals surface area contributed by atoms with E-state index in [0.29, 0.717) is 0 Å². The third-order valence-electron chi connectivity index (χ3n) is 2.21. The summed E-state index contributed by atoms with van der Waals surface area (Å²) in [7, 11) is 0. The summed E-state index contributed by atoms with van der Waals surface area (Å²) in [6.45, 7) is 7.80. The molecular formula is C8H19N3. The first kappa shape index (κ1) is 8.97. The Morgan fingerprint density at radius 1 is 1.36 bits per heavy atom. The van der Waals surface area contributed by atoms with Crippen LogP contribution in [0, 0.1) is 0 Å². The minimum absolute atomic E-state index is 0.0599. The zero-order valence-electron chi connectivity index (χ0n) is 7.56. The van der Waals surface area contributed by atoms with Gasteiger partial charge in [0.05, 0.1) is 0 Å². The van der Waals surface area contributed by atoms with E-state index in [9.17, 15) is 0 Å². The van der Waals surface area contributed by atoms with Crippen LogP contribution in [0.5, 0.6) is 0 Å². The second-order valence-electron chi connectivity index (χ2n) is 4.01. The Morgan fingerprint density at radius 3 is 2.36 bits per heavy atom. The molecule has 0 bridgehead atoms. The molecule has 1 saturated heterocycles. The minimum atomic E-state index is 0.0599. The molecule has 0 aromatic rings. The van der Waals surface area contributed by atoms with Crippen molar-refractivity contribution in [2.24, 2.45) is 5.84 Å². The molecule has 1 aliphatic heterocycles. The summed E-state index contributed by atoms with van der Waals surface area (Å²) in [6.07, 6.45) is 2.70. The number of nitrogens with two attached hydrogens (primary N) is 1. The molecule has 1 heterocycles. The summed E-state index contributed by atoms with van der Waals surface area (Å²) in [5.41, 5.74) is 2.89. The van der Waals surface area contributed by atoms with Gasteiger partial charge in [-0.05, 0) is 39.8 Å². The highest BCUT2D eigenvalue weighted by Crippen LogP contribution is 2.11. The van der Waals surface area contributed by atoms with Crippen molar-refractivity contribution in [3.63, 3.8) is 0 Å². The van der Waals surface area contributed by atoms with Gasteiger partial charge in [-0.3, -0.25) is 11.3 Å². The number of nitrogens with one attached hydrogen (secondary N) is 1. The van der Waals surface area contributed by atoms with Gasteiger partial charge in [0.2, 0.25) is 0 Å². The predicted octanol–water partition coefficient (Wildman–Crippen LogP) is 0.324. The van der Waals surface area contributed by atoms with Gasteiger partial charge in [-0.25, -0.2) is 0 Å². The molecule has 0 radical (unpaired) electrons. The van der Waals surface area contributed by atoms with E-state index in [4.69, 9.17) is 5.84 Å². The summed E-state index contributed by atoms with van der Waals surface area (Å²) in [5.74, 6) is 5.41. The summed E-state index contributed by atoms with van der Waals surface area (Å²) in [4.78, 5) is 2.46. The summed E-state index contributed by atoms with van der Waals surface area (Å²) in [6, 6.07) is 0. The van der Waals surface area contributed by atoms with Crippen LogP contribution in [0.2, 0.25) is 0 Å². The van der Waals surface area contributed by atoms with Gasteiger partial charge in [-0.1, -0.05) is 0 Å². The van der Waals surface area contributed by atoms with E-state index < -0.39 is 0 Å². The molecule has 11 heavy (non-hydrogen) atoms. The molecule has 1 rings (SSSR count). The summed E-state index contributed by atoms with van der Waals surface area (Å²) >= 11 is 0. The maximum atomic E-state index is 5.41. The molecule has 3 N–H and O–H groups in total. The van der Waals surface area contributed by atoms with E-state index in [1.165, 1.54) is 25.9 Å². The lowest BCUT2D eigenvalue weighted by Gasteiger charge is -2.29. The smallest absolute Gasteiger partial charge is 0.0391 e. The van der Waals surface area contributed by atoms with Crippen LogP contribution < -0.4 is 11.3 Å². The molecule has 66 valence electrons. The van der Waals surface area contributed by atoms with Crippen molar-refractivity contribution in [3.8, 4) is 0 Å². The van der Waals surface area contributed by atoms with E-state index in [1.807, 2.05) is 0 Å². The maximum absolute atomic E-state index is 5.41. The standard InChI is InChI=1S/C8H19N3/c1-8(2,10-9)7-11-5-3-4-6-11/h10H,3-7,9H2,1-2H3. The van der Waals surface area contributed by atoms with Crippen LogP contribution in [0.25, 0.3) is 0 Å². The molecule has 0 saturated carbocycles.